The summed E-state index contributed by atoms with van der Waals surface area (Å²) in [5.74, 6) is -0.325. The van der Waals surface area contributed by atoms with Gasteiger partial charge >= 0.3 is 0 Å². The summed E-state index contributed by atoms with van der Waals surface area (Å²) in [6, 6.07) is 4.34. The van der Waals surface area contributed by atoms with Gasteiger partial charge in [0.2, 0.25) is 0 Å². The molecule has 1 unspecified atom stereocenters. The minimum absolute atomic E-state index is 0.148. The number of hydrogen-bond donors (Lipinski definition) is 1. The number of likely N-dealkylation sites (N-methyl/N-ethyl adjacent to an activating group) is 1. The minimum atomic E-state index is -0.325. The number of hydrogen-bond acceptors (Lipinski definition) is 3. The Labute approximate surface area is 106 Å². The van der Waals surface area contributed by atoms with Crippen molar-refractivity contribution in [3.05, 3.63) is 29.0 Å². The van der Waals surface area contributed by atoms with Crippen LogP contribution in [0.3, 0.4) is 0 Å². The third-order valence-corrected chi connectivity index (χ3v) is 3.11. The second-order valence-corrected chi connectivity index (χ2v) is 4.67. The molecule has 1 N–H and O–H groups in total. The van der Waals surface area contributed by atoms with E-state index in [-0.39, 0.29) is 11.9 Å². The second kappa shape index (κ2) is 5.67. The molecule has 94 valence electrons. The average molecular weight is 259 g/mol. The Bertz CT molecular complexity index is 389. The number of morpholine rings is 1. The van der Waals surface area contributed by atoms with Gasteiger partial charge in [0.1, 0.15) is 5.82 Å². The van der Waals surface area contributed by atoms with Gasteiger partial charge in [0, 0.05) is 19.6 Å². The third-order valence-electron chi connectivity index (χ3n) is 2.79. The molecule has 0 aliphatic carbocycles. The maximum atomic E-state index is 12.9. The summed E-state index contributed by atoms with van der Waals surface area (Å²) in [7, 11) is 2.07. The molecule has 5 heteroatoms. The molecule has 1 heterocycles. The summed E-state index contributed by atoms with van der Waals surface area (Å²) >= 11 is 5.92. The highest BCUT2D eigenvalue weighted by Crippen LogP contribution is 2.22. The van der Waals surface area contributed by atoms with E-state index in [0.717, 1.165) is 25.4 Å². The zero-order valence-electron chi connectivity index (χ0n) is 9.75. The van der Waals surface area contributed by atoms with Gasteiger partial charge in [-0.25, -0.2) is 4.39 Å². The molecule has 1 aliphatic rings. The van der Waals surface area contributed by atoms with Crippen molar-refractivity contribution in [2.45, 2.75) is 6.10 Å². The molecule has 1 aliphatic heterocycles. The van der Waals surface area contributed by atoms with Crippen LogP contribution in [0, 0.1) is 5.82 Å². The maximum Gasteiger partial charge on any atom is 0.124 e. The van der Waals surface area contributed by atoms with E-state index in [4.69, 9.17) is 16.3 Å². The lowest BCUT2D eigenvalue weighted by molar-refractivity contribution is -0.0117. The van der Waals surface area contributed by atoms with E-state index < -0.39 is 0 Å². The van der Waals surface area contributed by atoms with Crippen molar-refractivity contribution in [2.75, 3.05) is 38.6 Å². The van der Waals surface area contributed by atoms with E-state index in [2.05, 4.69) is 17.3 Å². The summed E-state index contributed by atoms with van der Waals surface area (Å²) < 4.78 is 18.5. The fraction of sp³-hybridized carbons (Fsp3) is 0.500. The first kappa shape index (κ1) is 12.6. The van der Waals surface area contributed by atoms with Gasteiger partial charge in [0.05, 0.1) is 23.4 Å². The molecule has 0 bridgehead atoms. The summed E-state index contributed by atoms with van der Waals surface area (Å²) in [5.41, 5.74) is 0.741. The molecule has 1 fully saturated rings. The smallest absolute Gasteiger partial charge is 0.124 e. The molecule has 1 saturated heterocycles. The number of benzene rings is 1. The van der Waals surface area contributed by atoms with Crippen molar-refractivity contribution >= 4 is 17.3 Å². The molecule has 0 radical (unpaired) electrons. The van der Waals surface area contributed by atoms with Crippen LogP contribution in [0.15, 0.2) is 18.2 Å². The SMILES string of the molecule is CN1CCOC(CNc2ccc(F)cc2Cl)C1. The zero-order chi connectivity index (χ0) is 12.3. The predicted molar refractivity (Wildman–Crippen MR) is 67.1 cm³/mol. The van der Waals surface area contributed by atoms with Gasteiger partial charge in [-0.3, -0.25) is 0 Å². The number of ether oxygens (including phenoxy) is 1. The molecule has 1 aromatic carbocycles. The Morgan fingerprint density at radius 1 is 1.59 bits per heavy atom. The fourth-order valence-corrected chi connectivity index (χ4v) is 2.08. The van der Waals surface area contributed by atoms with E-state index in [1.807, 2.05) is 0 Å². The molecule has 0 spiro atoms. The van der Waals surface area contributed by atoms with Crippen LogP contribution in [0.1, 0.15) is 0 Å². The summed E-state index contributed by atoms with van der Waals surface area (Å²) in [4.78, 5) is 2.22. The lowest BCUT2D eigenvalue weighted by Gasteiger charge is -2.30. The van der Waals surface area contributed by atoms with Crippen molar-refractivity contribution in [1.29, 1.82) is 0 Å². The lowest BCUT2D eigenvalue weighted by Crippen LogP contribution is -2.43. The standard InChI is InChI=1S/C12H16ClFN2O/c1-16-4-5-17-10(8-16)7-15-12-3-2-9(14)6-11(12)13/h2-3,6,10,15H,4-5,7-8H2,1H3. The molecule has 0 aromatic heterocycles. The number of halogens is 2. The van der Waals surface area contributed by atoms with Gasteiger partial charge in [-0.05, 0) is 25.2 Å². The largest absolute Gasteiger partial charge is 0.381 e. The van der Waals surface area contributed by atoms with Gasteiger partial charge in [-0.2, -0.15) is 0 Å². The van der Waals surface area contributed by atoms with Crippen molar-refractivity contribution < 1.29 is 9.13 Å². The Balaban J connectivity index is 1.88. The Kier molecular flexibility index (Phi) is 4.20. The molecule has 1 aromatic rings. The Hall–Kier alpha value is -0.840. The molecule has 1 atom stereocenters. The van der Waals surface area contributed by atoms with E-state index in [0.29, 0.717) is 11.6 Å². The van der Waals surface area contributed by atoms with Gasteiger partial charge in [-0.1, -0.05) is 11.6 Å². The van der Waals surface area contributed by atoms with E-state index in [1.54, 1.807) is 6.07 Å². The van der Waals surface area contributed by atoms with Crippen molar-refractivity contribution in [3.63, 3.8) is 0 Å². The maximum absolute atomic E-state index is 12.9. The first-order chi connectivity index (χ1) is 8.15. The molecule has 0 saturated carbocycles. The monoisotopic (exact) mass is 258 g/mol. The molecule has 3 nitrogen and oxygen atoms in total. The van der Waals surface area contributed by atoms with Crippen molar-refractivity contribution in [3.8, 4) is 0 Å². The van der Waals surface area contributed by atoms with Crippen molar-refractivity contribution in [2.24, 2.45) is 0 Å². The highest BCUT2D eigenvalue weighted by atomic mass is 35.5. The Morgan fingerprint density at radius 2 is 2.41 bits per heavy atom. The van der Waals surface area contributed by atoms with E-state index in [9.17, 15) is 4.39 Å². The van der Waals surface area contributed by atoms with E-state index >= 15 is 0 Å². The summed E-state index contributed by atoms with van der Waals surface area (Å²) in [6.45, 7) is 3.29. The zero-order valence-corrected chi connectivity index (χ0v) is 10.5. The normalized spacial score (nSPS) is 21.5. The van der Waals surface area contributed by atoms with Crippen LogP contribution in [-0.4, -0.2) is 44.3 Å². The summed E-state index contributed by atoms with van der Waals surface area (Å²) in [5, 5.41) is 3.58. The molecule has 2 rings (SSSR count). The molecular weight excluding hydrogens is 243 g/mol. The molecule has 17 heavy (non-hydrogen) atoms. The number of anilines is 1. The molecular formula is C12H16ClFN2O. The number of rotatable bonds is 3. The van der Waals surface area contributed by atoms with Crippen LogP contribution < -0.4 is 5.32 Å². The first-order valence-corrected chi connectivity index (χ1v) is 6.02. The van der Waals surface area contributed by atoms with Crippen LogP contribution in [0.2, 0.25) is 5.02 Å². The third kappa shape index (κ3) is 3.56. The number of nitrogens with one attached hydrogen (secondary N) is 1. The highest BCUT2D eigenvalue weighted by Gasteiger charge is 2.17. The summed E-state index contributed by atoms with van der Waals surface area (Å²) in [6.07, 6.45) is 0.148. The quantitative estimate of drug-likeness (QED) is 0.900. The van der Waals surface area contributed by atoms with Crippen molar-refractivity contribution in [1.82, 2.24) is 4.90 Å². The van der Waals surface area contributed by atoms with Crippen LogP contribution in [0.4, 0.5) is 10.1 Å². The topological polar surface area (TPSA) is 24.5 Å². The minimum Gasteiger partial charge on any atom is -0.381 e. The average Bonchev–Trinajstić information content (AvgIpc) is 2.28. The van der Waals surface area contributed by atoms with Crippen LogP contribution in [0.25, 0.3) is 0 Å². The first-order valence-electron chi connectivity index (χ1n) is 5.64. The Morgan fingerprint density at radius 3 is 3.12 bits per heavy atom. The predicted octanol–water partition coefficient (Wildman–Crippen LogP) is 2.22. The van der Waals surface area contributed by atoms with Gasteiger partial charge in [0.25, 0.3) is 0 Å². The highest BCUT2D eigenvalue weighted by molar-refractivity contribution is 6.33. The molecule has 0 amide bonds. The second-order valence-electron chi connectivity index (χ2n) is 4.26. The number of nitrogens with zero attached hydrogens (tertiary/aromatic N) is 1. The van der Waals surface area contributed by atoms with Crippen LogP contribution in [0.5, 0.6) is 0 Å². The van der Waals surface area contributed by atoms with Gasteiger partial charge < -0.3 is 15.0 Å². The lowest BCUT2D eigenvalue weighted by atomic mass is 10.2. The van der Waals surface area contributed by atoms with Gasteiger partial charge in [0.15, 0.2) is 0 Å². The van der Waals surface area contributed by atoms with Gasteiger partial charge in [-0.15, -0.1) is 0 Å². The van der Waals surface area contributed by atoms with E-state index in [1.165, 1.54) is 12.1 Å². The van der Waals surface area contributed by atoms with Crippen LogP contribution in [-0.2, 0) is 4.74 Å². The van der Waals surface area contributed by atoms with Crippen LogP contribution >= 0.6 is 11.6 Å². The fourth-order valence-electron chi connectivity index (χ4n) is 1.85.